The third-order valence-corrected chi connectivity index (χ3v) is 2.77. The van der Waals surface area contributed by atoms with E-state index in [1.807, 2.05) is 30.3 Å². The van der Waals surface area contributed by atoms with Gasteiger partial charge >= 0.3 is 0 Å². The van der Waals surface area contributed by atoms with Crippen LogP contribution in [0.3, 0.4) is 0 Å². The minimum atomic E-state index is -0.339. The lowest BCUT2D eigenvalue weighted by molar-refractivity contribution is 0.581. The Labute approximate surface area is 108 Å². The predicted octanol–water partition coefficient (Wildman–Crippen LogP) is -0.0619. The number of hydrogen-bond donors (Lipinski definition) is 3. The van der Waals surface area contributed by atoms with Gasteiger partial charge in [0.1, 0.15) is 11.7 Å². The molecule has 0 amide bonds. The van der Waals surface area contributed by atoms with Crippen molar-refractivity contribution in [2.75, 3.05) is 0 Å². The fourth-order valence-corrected chi connectivity index (χ4v) is 1.88. The fourth-order valence-electron chi connectivity index (χ4n) is 1.88. The van der Waals surface area contributed by atoms with Crippen LogP contribution in [0.5, 0.6) is 0 Å². The summed E-state index contributed by atoms with van der Waals surface area (Å²) in [5, 5.41) is 18.4. The van der Waals surface area contributed by atoms with Crippen LogP contribution >= 0.6 is 0 Å². The third-order valence-electron chi connectivity index (χ3n) is 2.77. The van der Waals surface area contributed by atoms with Gasteiger partial charge in [-0.3, -0.25) is 5.84 Å². The molecule has 0 saturated carbocycles. The van der Waals surface area contributed by atoms with Crippen molar-refractivity contribution in [1.82, 2.24) is 35.8 Å². The van der Waals surface area contributed by atoms with Crippen molar-refractivity contribution in [1.29, 1.82) is 0 Å². The van der Waals surface area contributed by atoms with Crippen LogP contribution in [0.1, 0.15) is 17.4 Å². The van der Waals surface area contributed by atoms with Gasteiger partial charge in [0, 0.05) is 0 Å². The highest BCUT2D eigenvalue weighted by Crippen LogP contribution is 2.20. The number of aromatic amines is 1. The minimum absolute atomic E-state index is 0.339. The zero-order valence-electron chi connectivity index (χ0n) is 9.93. The second-order valence-electron chi connectivity index (χ2n) is 3.90. The first-order chi connectivity index (χ1) is 9.40. The molecule has 0 radical (unpaired) electrons. The average Bonchev–Trinajstić information content (AvgIpc) is 3.12. The molecule has 1 aromatic carbocycles. The Balaban J connectivity index is 2.04. The molecule has 19 heavy (non-hydrogen) atoms. The predicted molar refractivity (Wildman–Crippen MR) is 66.9 cm³/mol. The van der Waals surface area contributed by atoms with E-state index in [0.717, 1.165) is 11.4 Å². The molecular weight excluding hydrogens is 244 g/mol. The van der Waals surface area contributed by atoms with Gasteiger partial charge in [-0.2, -0.15) is 15.4 Å². The summed E-state index contributed by atoms with van der Waals surface area (Å²) < 4.78 is 1.71. The van der Waals surface area contributed by atoms with E-state index in [1.54, 1.807) is 17.1 Å². The Morgan fingerprint density at radius 2 is 2.05 bits per heavy atom. The van der Waals surface area contributed by atoms with Crippen LogP contribution in [-0.4, -0.2) is 30.4 Å². The van der Waals surface area contributed by atoms with E-state index < -0.39 is 0 Å². The molecule has 0 aliphatic rings. The Morgan fingerprint density at radius 3 is 2.74 bits per heavy atom. The number of nitrogens with zero attached hydrogens (tertiary/aromatic N) is 5. The van der Waals surface area contributed by atoms with Crippen LogP contribution in [0.4, 0.5) is 0 Å². The van der Waals surface area contributed by atoms with Crippen LogP contribution in [0, 0.1) is 0 Å². The zero-order valence-corrected chi connectivity index (χ0v) is 9.93. The highest BCUT2D eigenvalue weighted by Gasteiger charge is 2.20. The fraction of sp³-hybridized carbons (Fsp3) is 0.0909. The summed E-state index contributed by atoms with van der Waals surface area (Å²) in [6, 6.07) is 9.34. The van der Waals surface area contributed by atoms with Crippen molar-refractivity contribution < 1.29 is 0 Å². The lowest BCUT2D eigenvalue weighted by atomic mass is 10.1. The highest BCUT2D eigenvalue weighted by molar-refractivity contribution is 5.33. The second kappa shape index (κ2) is 4.96. The van der Waals surface area contributed by atoms with Gasteiger partial charge in [0.05, 0.1) is 23.8 Å². The Morgan fingerprint density at radius 1 is 1.21 bits per heavy atom. The molecular formula is C11H12N8. The molecule has 0 saturated heterocycles. The van der Waals surface area contributed by atoms with E-state index in [9.17, 15) is 0 Å². The van der Waals surface area contributed by atoms with E-state index in [4.69, 9.17) is 5.84 Å². The molecule has 0 bridgehead atoms. The van der Waals surface area contributed by atoms with Crippen LogP contribution < -0.4 is 11.3 Å². The van der Waals surface area contributed by atoms with Gasteiger partial charge in [0.15, 0.2) is 0 Å². The van der Waals surface area contributed by atoms with Crippen LogP contribution in [-0.2, 0) is 0 Å². The largest absolute Gasteiger partial charge is 0.270 e. The van der Waals surface area contributed by atoms with Gasteiger partial charge < -0.3 is 0 Å². The van der Waals surface area contributed by atoms with E-state index in [0.29, 0.717) is 5.69 Å². The van der Waals surface area contributed by atoms with Crippen molar-refractivity contribution in [2.24, 2.45) is 5.84 Å². The first kappa shape index (κ1) is 11.5. The van der Waals surface area contributed by atoms with Crippen molar-refractivity contribution in [3.05, 3.63) is 54.1 Å². The van der Waals surface area contributed by atoms with E-state index in [2.05, 4.69) is 31.1 Å². The first-order valence-corrected chi connectivity index (χ1v) is 5.68. The van der Waals surface area contributed by atoms with Gasteiger partial charge in [0.25, 0.3) is 0 Å². The summed E-state index contributed by atoms with van der Waals surface area (Å²) in [6.45, 7) is 0. The number of H-pyrrole nitrogens is 1. The number of rotatable bonds is 4. The maximum atomic E-state index is 5.60. The Bertz CT molecular complexity index is 630. The smallest absolute Gasteiger partial charge is 0.110 e. The molecule has 2 aromatic heterocycles. The summed E-state index contributed by atoms with van der Waals surface area (Å²) in [5.41, 5.74) is 5.04. The maximum Gasteiger partial charge on any atom is 0.110 e. The van der Waals surface area contributed by atoms with Crippen LogP contribution in [0.15, 0.2) is 42.7 Å². The van der Waals surface area contributed by atoms with Crippen molar-refractivity contribution >= 4 is 0 Å². The Hall–Kier alpha value is -2.58. The quantitative estimate of drug-likeness (QED) is 0.445. The minimum Gasteiger partial charge on any atom is -0.270 e. The monoisotopic (exact) mass is 256 g/mol. The Kier molecular flexibility index (Phi) is 3.01. The number of nitrogens with one attached hydrogen (secondary N) is 2. The van der Waals surface area contributed by atoms with E-state index in [-0.39, 0.29) is 6.04 Å². The maximum absolute atomic E-state index is 5.60. The van der Waals surface area contributed by atoms with E-state index in [1.165, 1.54) is 0 Å². The number of hydrazine groups is 1. The zero-order chi connectivity index (χ0) is 13.1. The molecule has 2 heterocycles. The first-order valence-electron chi connectivity index (χ1n) is 5.68. The molecule has 8 nitrogen and oxygen atoms in total. The SMILES string of the molecule is NNC(c1cn[nH]n1)c1cnnn1-c1ccccc1. The molecule has 0 fully saturated rings. The lowest BCUT2D eigenvalue weighted by Gasteiger charge is -2.14. The molecule has 3 rings (SSSR count). The number of benzene rings is 1. The molecule has 8 heteroatoms. The number of nitrogens with two attached hydrogens (primary N) is 1. The molecule has 0 aliphatic carbocycles. The second-order valence-corrected chi connectivity index (χ2v) is 3.90. The summed E-state index contributed by atoms with van der Waals surface area (Å²) in [6.07, 6.45) is 3.25. The topological polar surface area (TPSA) is 110 Å². The molecule has 4 N–H and O–H groups in total. The summed E-state index contributed by atoms with van der Waals surface area (Å²) in [7, 11) is 0. The molecule has 3 aromatic rings. The highest BCUT2D eigenvalue weighted by atomic mass is 15.4. The van der Waals surface area contributed by atoms with Crippen molar-refractivity contribution in [3.8, 4) is 5.69 Å². The summed E-state index contributed by atoms with van der Waals surface area (Å²) >= 11 is 0. The third kappa shape index (κ3) is 2.09. The lowest BCUT2D eigenvalue weighted by Crippen LogP contribution is -2.30. The summed E-state index contributed by atoms with van der Waals surface area (Å²) in [5.74, 6) is 5.60. The van der Waals surface area contributed by atoms with Gasteiger partial charge in [-0.15, -0.1) is 5.10 Å². The van der Waals surface area contributed by atoms with Crippen LogP contribution in [0.25, 0.3) is 5.69 Å². The van der Waals surface area contributed by atoms with Gasteiger partial charge in [-0.05, 0) is 12.1 Å². The van der Waals surface area contributed by atoms with E-state index >= 15 is 0 Å². The standard InChI is InChI=1S/C11H12N8/c12-15-11(9-6-13-17-16-9)10-7-14-18-19(10)8-4-2-1-3-5-8/h1-7,11,15H,12H2,(H,13,16,17). The molecule has 96 valence electrons. The number of para-hydroxylation sites is 1. The van der Waals surface area contributed by atoms with Gasteiger partial charge in [-0.25, -0.2) is 10.1 Å². The number of aromatic nitrogens is 6. The van der Waals surface area contributed by atoms with Gasteiger partial charge in [-0.1, -0.05) is 23.4 Å². The molecule has 1 atom stereocenters. The van der Waals surface area contributed by atoms with Crippen molar-refractivity contribution in [3.63, 3.8) is 0 Å². The van der Waals surface area contributed by atoms with Gasteiger partial charge in [0.2, 0.25) is 0 Å². The van der Waals surface area contributed by atoms with Crippen LogP contribution in [0.2, 0.25) is 0 Å². The molecule has 0 spiro atoms. The molecule has 0 aliphatic heterocycles. The normalized spacial score (nSPS) is 12.5. The number of hydrogen-bond acceptors (Lipinski definition) is 6. The van der Waals surface area contributed by atoms with Crippen molar-refractivity contribution in [2.45, 2.75) is 6.04 Å². The summed E-state index contributed by atoms with van der Waals surface area (Å²) in [4.78, 5) is 0. The average molecular weight is 256 g/mol. The molecule has 1 unspecified atom stereocenters.